The summed E-state index contributed by atoms with van der Waals surface area (Å²) in [5, 5.41) is 28.7. The first-order valence-corrected chi connectivity index (χ1v) is 16.6. The third-order valence-electron chi connectivity index (χ3n) is 8.90. The second-order valence-electron chi connectivity index (χ2n) is 13.8. The zero-order valence-electron chi connectivity index (χ0n) is 27.7. The van der Waals surface area contributed by atoms with Crippen LogP contribution in [0.4, 0.5) is 4.79 Å². The molecule has 5 atom stereocenters. The van der Waals surface area contributed by atoms with Gasteiger partial charge in [0.15, 0.2) is 0 Å². The zero-order chi connectivity index (χ0) is 34.8. The van der Waals surface area contributed by atoms with Crippen LogP contribution in [0.15, 0.2) is 66.7 Å². The molecule has 3 aliphatic rings. The number of hydrogen-bond donors (Lipinski definition) is 3. The lowest BCUT2D eigenvalue weighted by Gasteiger charge is -2.30. The van der Waals surface area contributed by atoms with Gasteiger partial charge in [0.2, 0.25) is 17.6 Å². The normalized spacial score (nSPS) is 26.4. The monoisotopic (exact) mass is 671 g/mol. The topological polar surface area (TPSA) is 178 Å². The number of aliphatic carboxylic acids is 1. The minimum atomic E-state index is -1.44. The number of carbonyl (C=O) groups is 4. The van der Waals surface area contributed by atoms with E-state index in [1.807, 2.05) is 60.7 Å². The number of alkyl carbamates (subject to hydrolysis) is 1. The number of fused-ring (bicyclic) bond motifs is 2. The van der Waals surface area contributed by atoms with Gasteiger partial charge in [-0.25, -0.2) is 9.59 Å². The lowest BCUT2D eigenvalue weighted by Crippen LogP contribution is -2.56. The summed E-state index contributed by atoms with van der Waals surface area (Å²) in [6.07, 6.45) is 5.73. The lowest BCUT2D eigenvalue weighted by molar-refractivity contribution is -0.145. The number of amides is 3. The molecule has 2 aromatic carbocycles. The Labute approximate surface area is 283 Å². The van der Waals surface area contributed by atoms with Gasteiger partial charge in [-0.3, -0.25) is 9.59 Å². The molecular formula is C35H41N7O7. The summed E-state index contributed by atoms with van der Waals surface area (Å²) < 4.78 is 11.4. The molecule has 258 valence electrons. The number of tetrazole rings is 1. The third kappa shape index (κ3) is 7.74. The highest BCUT2D eigenvalue weighted by molar-refractivity contribution is 5.96. The van der Waals surface area contributed by atoms with Crippen molar-refractivity contribution in [3.8, 4) is 22.9 Å². The average molecular weight is 672 g/mol. The molecule has 14 nitrogen and oxygen atoms in total. The van der Waals surface area contributed by atoms with Gasteiger partial charge in [-0.1, -0.05) is 48.9 Å². The first-order valence-electron chi connectivity index (χ1n) is 16.6. The molecule has 2 fully saturated rings. The second-order valence-corrected chi connectivity index (χ2v) is 13.8. The van der Waals surface area contributed by atoms with Crippen LogP contribution in [-0.4, -0.2) is 83.9 Å². The van der Waals surface area contributed by atoms with Crippen LogP contribution in [0.1, 0.15) is 65.3 Å². The molecule has 1 saturated heterocycles. The molecule has 0 radical (unpaired) electrons. The molecule has 3 amide bonds. The van der Waals surface area contributed by atoms with E-state index in [0.29, 0.717) is 42.1 Å². The number of hydrogen-bond acceptors (Lipinski definition) is 9. The van der Waals surface area contributed by atoms with Crippen LogP contribution in [0.2, 0.25) is 0 Å². The van der Waals surface area contributed by atoms with Crippen LogP contribution in [0.3, 0.4) is 0 Å². The van der Waals surface area contributed by atoms with Crippen molar-refractivity contribution in [2.45, 2.75) is 88.6 Å². The molecule has 3 aromatic rings. The van der Waals surface area contributed by atoms with Crippen molar-refractivity contribution in [3.05, 3.63) is 66.7 Å². The molecule has 6 rings (SSSR count). The summed E-state index contributed by atoms with van der Waals surface area (Å²) in [5.74, 6) is -0.943. The Balaban J connectivity index is 1.26. The fourth-order valence-corrected chi connectivity index (χ4v) is 6.34. The number of aromatic nitrogens is 4. The van der Waals surface area contributed by atoms with Crippen molar-refractivity contribution in [2.24, 2.45) is 5.92 Å². The molecule has 1 aliphatic carbocycles. The van der Waals surface area contributed by atoms with Gasteiger partial charge in [0.1, 0.15) is 34.7 Å². The van der Waals surface area contributed by atoms with Crippen molar-refractivity contribution in [1.29, 1.82) is 0 Å². The summed E-state index contributed by atoms with van der Waals surface area (Å²) in [7, 11) is 0. The fraction of sp³-hybridized carbons (Fsp3) is 0.457. The third-order valence-corrected chi connectivity index (χ3v) is 8.90. The molecule has 0 spiro atoms. The number of carboxylic acids is 1. The minimum Gasteiger partial charge on any atom is -0.479 e. The number of ether oxygens (including phenoxy) is 2. The number of nitrogens with one attached hydrogen (secondary N) is 2. The molecule has 1 saturated carbocycles. The summed E-state index contributed by atoms with van der Waals surface area (Å²) in [4.78, 5) is 56.1. The van der Waals surface area contributed by atoms with Crippen LogP contribution >= 0.6 is 0 Å². The number of carbonyl (C=O) groups excluding carboxylic acids is 3. The number of benzene rings is 2. The van der Waals surface area contributed by atoms with Gasteiger partial charge in [0, 0.05) is 24.4 Å². The maximum absolute atomic E-state index is 14.2. The summed E-state index contributed by atoms with van der Waals surface area (Å²) in [6.45, 7) is 5.23. The van der Waals surface area contributed by atoms with E-state index in [4.69, 9.17) is 9.47 Å². The van der Waals surface area contributed by atoms with Crippen molar-refractivity contribution < 1.29 is 33.8 Å². The number of nitrogens with zero attached hydrogens (tertiary/aromatic N) is 5. The van der Waals surface area contributed by atoms with E-state index in [0.717, 1.165) is 6.42 Å². The highest BCUT2D eigenvalue weighted by atomic mass is 16.6. The molecule has 49 heavy (non-hydrogen) atoms. The molecule has 3 N–H and O–H groups in total. The maximum atomic E-state index is 14.2. The van der Waals surface area contributed by atoms with Gasteiger partial charge in [-0.2, -0.15) is 4.80 Å². The summed E-state index contributed by atoms with van der Waals surface area (Å²) in [5.41, 5.74) is -1.57. The first kappa shape index (κ1) is 33.6. The predicted octanol–water partition coefficient (Wildman–Crippen LogP) is 4.26. The van der Waals surface area contributed by atoms with Crippen molar-refractivity contribution in [1.82, 2.24) is 35.7 Å². The molecule has 1 aromatic heterocycles. The molecule has 14 heteroatoms. The van der Waals surface area contributed by atoms with Gasteiger partial charge in [-0.05, 0) is 75.9 Å². The second kappa shape index (κ2) is 13.7. The minimum absolute atomic E-state index is 0.0414. The summed E-state index contributed by atoms with van der Waals surface area (Å²) in [6, 6.07) is 14.0. The van der Waals surface area contributed by atoms with Crippen LogP contribution in [0.25, 0.3) is 11.4 Å². The van der Waals surface area contributed by atoms with Crippen molar-refractivity contribution in [2.75, 3.05) is 6.54 Å². The number of allylic oxidation sites excluding steroid dienone is 1. The number of carboxylic acid groups (broad SMARTS) is 1. The van der Waals surface area contributed by atoms with E-state index in [-0.39, 0.29) is 25.3 Å². The van der Waals surface area contributed by atoms with Crippen LogP contribution in [0, 0.1) is 5.92 Å². The Morgan fingerprint density at radius 2 is 1.84 bits per heavy atom. The van der Waals surface area contributed by atoms with Crippen LogP contribution < -0.4 is 15.4 Å². The molecular weight excluding hydrogens is 630 g/mol. The van der Waals surface area contributed by atoms with Gasteiger partial charge in [-0.15, -0.1) is 10.2 Å². The van der Waals surface area contributed by atoms with E-state index < -0.39 is 53.1 Å². The van der Waals surface area contributed by atoms with E-state index in [9.17, 15) is 24.3 Å². The SMILES string of the molecule is CC(C)(C)OC(=O)N[C@H]1CCCC/C=C\[C@@H]2C[C@@]2(C(=O)O)NC(=O)[C@@H]2C[C@@H](n3nnc(-c4cccc(Oc5ccccc5)c4)n3)CN2C1=O. The Hall–Kier alpha value is -5.27. The van der Waals surface area contributed by atoms with E-state index in [1.54, 1.807) is 26.8 Å². The molecule has 0 unspecified atom stereocenters. The fourth-order valence-electron chi connectivity index (χ4n) is 6.34. The Kier molecular flexibility index (Phi) is 9.39. The van der Waals surface area contributed by atoms with E-state index >= 15 is 0 Å². The van der Waals surface area contributed by atoms with E-state index in [2.05, 4.69) is 26.0 Å². The van der Waals surface area contributed by atoms with Gasteiger partial charge >= 0.3 is 12.1 Å². The predicted molar refractivity (Wildman–Crippen MR) is 176 cm³/mol. The Morgan fingerprint density at radius 3 is 2.59 bits per heavy atom. The Bertz CT molecular complexity index is 1740. The Morgan fingerprint density at radius 1 is 1.06 bits per heavy atom. The number of rotatable bonds is 6. The summed E-state index contributed by atoms with van der Waals surface area (Å²) >= 11 is 0. The van der Waals surface area contributed by atoms with Crippen molar-refractivity contribution in [3.63, 3.8) is 0 Å². The van der Waals surface area contributed by atoms with E-state index in [1.165, 1.54) is 9.70 Å². The smallest absolute Gasteiger partial charge is 0.408 e. The number of para-hydroxylation sites is 1. The van der Waals surface area contributed by atoms with Crippen LogP contribution in [0.5, 0.6) is 11.5 Å². The largest absolute Gasteiger partial charge is 0.479 e. The highest BCUT2D eigenvalue weighted by Crippen LogP contribution is 2.45. The molecule has 3 heterocycles. The lowest BCUT2D eigenvalue weighted by atomic mass is 10.0. The van der Waals surface area contributed by atoms with Gasteiger partial charge in [0.25, 0.3) is 0 Å². The standard InChI is InChI=1S/C35H41N7O7/c1-34(2,3)49-33(47)36-27-17-10-5-4-7-13-23-20-35(23,32(45)46)37-30(43)28-19-24(21-41(28)31(27)44)42-39-29(38-40-42)22-12-11-16-26(18-22)48-25-14-8-6-9-15-25/h6-9,11-16,18,23-24,27-28H,4-5,10,17,19-21H2,1-3H3,(H,36,47)(H,37,43)(H,45,46)/b13-7-/t23-,24-,27+,28+,35-/m1/s1. The molecule has 2 aliphatic heterocycles. The molecule has 0 bridgehead atoms. The first-order chi connectivity index (χ1) is 23.4. The highest BCUT2D eigenvalue weighted by Gasteiger charge is 2.61. The van der Waals surface area contributed by atoms with Gasteiger partial charge in [0.05, 0.1) is 6.04 Å². The van der Waals surface area contributed by atoms with Crippen LogP contribution in [-0.2, 0) is 19.1 Å². The van der Waals surface area contributed by atoms with Crippen molar-refractivity contribution >= 4 is 23.9 Å². The zero-order valence-corrected chi connectivity index (χ0v) is 27.7. The quantitative estimate of drug-likeness (QED) is 0.321. The maximum Gasteiger partial charge on any atom is 0.408 e. The average Bonchev–Trinajstić information content (AvgIpc) is 3.37. The van der Waals surface area contributed by atoms with Gasteiger partial charge < -0.3 is 30.1 Å².